The van der Waals surface area contributed by atoms with E-state index in [1.54, 1.807) is 17.4 Å². The van der Waals surface area contributed by atoms with Crippen molar-refractivity contribution in [3.05, 3.63) is 50.1 Å². The molecular formula is C14H15BrN2OS. The molecule has 2 rings (SSSR count). The molecule has 0 spiro atoms. The van der Waals surface area contributed by atoms with Crippen molar-refractivity contribution in [3.63, 3.8) is 0 Å². The second-order valence-electron chi connectivity index (χ2n) is 4.40. The minimum absolute atomic E-state index is 0.217. The first kappa shape index (κ1) is 14.1. The second-order valence-corrected chi connectivity index (χ2v) is 6.90. The summed E-state index contributed by atoms with van der Waals surface area (Å²) in [6.07, 6.45) is 0. The number of carbonyl (C=O) groups is 1. The van der Waals surface area contributed by atoms with E-state index in [4.69, 9.17) is 5.73 Å². The van der Waals surface area contributed by atoms with Crippen LogP contribution in [0.3, 0.4) is 0 Å². The van der Waals surface area contributed by atoms with Gasteiger partial charge in [0, 0.05) is 16.1 Å². The molecule has 0 aliphatic heterocycles. The summed E-state index contributed by atoms with van der Waals surface area (Å²) < 4.78 is 1.12. The smallest absolute Gasteiger partial charge is 0.248 e. The summed E-state index contributed by atoms with van der Waals surface area (Å²) in [5, 5.41) is 3.44. The van der Waals surface area contributed by atoms with Crippen LogP contribution in [-0.4, -0.2) is 5.91 Å². The molecule has 5 heteroatoms. The number of carbonyl (C=O) groups excluding carboxylic acids is 1. The second kappa shape index (κ2) is 5.75. The summed E-state index contributed by atoms with van der Waals surface area (Å²) in [6, 6.07) is 9.81. The number of anilines is 1. The van der Waals surface area contributed by atoms with Crippen LogP contribution in [0, 0.1) is 6.92 Å². The van der Waals surface area contributed by atoms with E-state index < -0.39 is 5.91 Å². The van der Waals surface area contributed by atoms with Gasteiger partial charge in [-0.2, -0.15) is 0 Å². The van der Waals surface area contributed by atoms with Crippen LogP contribution in [0.4, 0.5) is 5.69 Å². The molecule has 0 aliphatic carbocycles. The molecule has 0 saturated carbocycles. The van der Waals surface area contributed by atoms with Crippen LogP contribution in [-0.2, 0) is 0 Å². The van der Waals surface area contributed by atoms with Crippen molar-refractivity contribution < 1.29 is 4.79 Å². The standard InChI is InChI=1S/C14H15BrN2OS/c1-8-7-10(14(16)18)3-4-11(8)17-9(2)12-5-6-13(15)19-12/h3-7,9,17H,1-2H3,(H2,16,18). The molecule has 1 aromatic carbocycles. The largest absolute Gasteiger partial charge is 0.377 e. The minimum atomic E-state index is -0.398. The van der Waals surface area contributed by atoms with Gasteiger partial charge in [-0.1, -0.05) is 0 Å². The molecule has 100 valence electrons. The molecule has 0 fully saturated rings. The van der Waals surface area contributed by atoms with Gasteiger partial charge in [-0.3, -0.25) is 4.79 Å². The minimum Gasteiger partial charge on any atom is -0.377 e. The lowest BCUT2D eigenvalue weighted by Gasteiger charge is -2.16. The third-order valence-corrected chi connectivity index (χ3v) is 4.71. The van der Waals surface area contributed by atoms with E-state index in [2.05, 4.69) is 34.2 Å². The zero-order chi connectivity index (χ0) is 14.0. The number of halogens is 1. The highest BCUT2D eigenvalue weighted by Crippen LogP contribution is 2.30. The molecule has 0 aliphatic rings. The van der Waals surface area contributed by atoms with Crippen LogP contribution < -0.4 is 11.1 Å². The van der Waals surface area contributed by atoms with Crippen molar-refractivity contribution in [1.82, 2.24) is 0 Å². The molecular weight excluding hydrogens is 324 g/mol. The number of hydrogen-bond acceptors (Lipinski definition) is 3. The summed E-state index contributed by atoms with van der Waals surface area (Å²) in [5.74, 6) is -0.398. The third-order valence-electron chi connectivity index (χ3n) is 2.90. The fourth-order valence-electron chi connectivity index (χ4n) is 1.84. The van der Waals surface area contributed by atoms with Crippen LogP contribution in [0.1, 0.15) is 33.8 Å². The Hall–Kier alpha value is -1.33. The SMILES string of the molecule is Cc1cc(C(N)=O)ccc1NC(C)c1ccc(Br)s1. The van der Waals surface area contributed by atoms with Gasteiger partial charge in [0.05, 0.1) is 9.83 Å². The quantitative estimate of drug-likeness (QED) is 0.881. The van der Waals surface area contributed by atoms with E-state index in [1.165, 1.54) is 4.88 Å². The lowest BCUT2D eigenvalue weighted by molar-refractivity contribution is 0.1000. The van der Waals surface area contributed by atoms with Crippen LogP contribution in [0.2, 0.25) is 0 Å². The highest BCUT2D eigenvalue weighted by molar-refractivity contribution is 9.11. The van der Waals surface area contributed by atoms with E-state index in [-0.39, 0.29) is 6.04 Å². The molecule has 1 atom stereocenters. The normalized spacial score (nSPS) is 12.2. The number of rotatable bonds is 4. The topological polar surface area (TPSA) is 55.1 Å². The zero-order valence-corrected chi connectivity index (χ0v) is 13.1. The summed E-state index contributed by atoms with van der Waals surface area (Å²) in [7, 11) is 0. The summed E-state index contributed by atoms with van der Waals surface area (Å²) >= 11 is 5.17. The van der Waals surface area contributed by atoms with Gasteiger partial charge in [-0.25, -0.2) is 0 Å². The molecule has 0 saturated heterocycles. The molecule has 0 bridgehead atoms. The predicted molar refractivity (Wildman–Crippen MR) is 83.8 cm³/mol. The van der Waals surface area contributed by atoms with Crippen molar-refractivity contribution in [2.45, 2.75) is 19.9 Å². The Morgan fingerprint density at radius 2 is 2.11 bits per heavy atom. The van der Waals surface area contributed by atoms with Crippen molar-refractivity contribution in [1.29, 1.82) is 0 Å². The number of aryl methyl sites for hydroxylation is 1. The maximum absolute atomic E-state index is 11.1. The Labute approximate surface area is 125 Å². The van der Waals surface area contributed by atoms with E-state index in [0.717, 1.165) is 15.0 Å². The Balaban J connectivity index is 2.17. The van der Waals surface area contributed by atoms with Crippen LogP contribution in [0.15, 0.2) is 34.1 Å². The van der Waals surface area contributed by atoms with E-state index in [0.29, 0.717) is 5.56 Å². The maximum Gasteiger partial charge on any atom is 0.248 e. The van der Waals surface area contributed by atoms with Crippen molar-refractivity contribution in [3.8, 4) is 0 Å². The highest BCUT2D eigenvalue weighted by Gasteiger charge is 2.10. The van der Waals surface area contributed by atoms with E-state index in [9.17, 15) is 4.79 Å². The molecule has 19 heavy (non-hydrogen) atoms. The number of benzene rings is 1. The third kappa shape index (κ3) is 3.36. The molecule has 1 unspecified atom stereocenters. The van der Waals surface area contributed by atoms with Crippen molar-refractivity contribution in [2.24, 2.45) is 5.73 Å². The summed E-state index contributed by atoms with van der Waals surface area (Å²) in [4.78, 5) is 12.4. The molecule has 2 aromatic rings. The van der Waals surface area contributed by atoms with Gasteiger partial charge >= 0.3 is 0 Å². The number of hydrogen-bond donors (Lipinski definition) is 2. The lowest BCUT2D eigenvalue weighted by atomic mass is 10.1. The van der Waals surface area contributed by atoms with Gasteiger partial charge < -0.3 is 11.1 Å². The van der Waals surface area contributed by atoms with Crippen LogP contribution in [0.5, 0.6) is 0 Å². The van der Waals surface area contributed by atoms with Gasteiger partial charge in [0.2, 0.25) is 5.91 Å². The average molecular weight is 339 g/mol. The van der Waals surface area contributed by atoms with Gasteiger partial charge in [0.15, 0.2) is 0 Å². The first-order chi connectivity index (χ1) is 8.97. The fraction of sp³-hybridized carbons (Fsp3) is 0.214. The average Bonchev–Trinajstić information content (AvgIpc) is 2.78. The highest BCUT2D eigenvalue weighted by atomic mass is 79.9. The van der Waals surface area contributed by atoms with Crippen molar-refractivity contribution >= 4 is 38.9 Å². The summed E-state index contributed by atoms with van der Waals surface area (Å²) in [5.41, 5.74) is 7.83. The number of nitrogens with one attached hydrogen (secondary N) is 1. The molecule has 0 radical (unpaired) electrons. The first-order valence-electron chi connectivity index (χ1n) is 5.89. The maximum atomic E-state index is 11.1. The van der Waals surface area contributed by atoms with Gasteiger partial charge in [-0.05, 0) is 65.7 Å². The predicted octanol–water partition coefficient (Wildman–Crippen LogP) is 4.09. The van der Waals surface area contributed by atoms with E-state index in [1.807, 2.05) is 25.1 Å². The Kier molecular flexibility index (Phi) is 4.27. The van der Waals surface area contributed by atoms with Crippen LogP contribution >= 0.6 is 27.3 Å². The van der Waals surface area contributed by atoms with E-state index >= 15 is 0 Å². The molecule has 1 heterocycles. The van der Waals surface area contributed by atoms with Gasteiger partial charge in [0.1, 0.15) is 0 Å². The van der Waals surface area contributed by atoms with Crippen LogP contribution in [0.25, 0.3) is 0 Å². The first-order valence-corrected chi connectivity index (χ1v) is 7.50. The number of primary amides is 1. The molecule has 1 aromatic heterocycles. The zero-order valence-electron chi connectivity index (χ0n) is 10.7. The monoisotopic (exact) mass is 338 g/mol. The molecule has 3 N–H and O–H groups in total. The number of thiophene rings is 1. The Morgan fingerprint density at radius 3 is 2.63 bits per heavy atom. The lowest BCUT2D eigenvalue weighted by Crippen LogP contribution is -2.12. The van der Waals surface area contributed by atoms with Gasteiger partial charge in [0.25, 0.3) is 0 Å². The Bertz CT molecular complexity index is 609. The number of amides is 1. The molecule has 1 amide bonds. The fourth-order valence-corrected chi connectivity index (χ4v) is 3.27. The summed E-state index contributed by atoms with van der Waals surface area (Å²) in [6.45, 7) is 4.07. The molecule has 3 nitrogen and oxygen atoms in total. The number of nitrogens with two attached hydrogens (primary N) is 1. The van der Waals surface area contributed by atoms with Crippen molar-refractivity contribution in [2.75, 3.05) is 5.32 Å². The van der Waals surface area contributed by atoms with Gasteiger partial charge in [-0.15, -0.1) is 11.3 Å². The Morgan fingerprint density at radius 1 is 1.37 bits per heavy atom.